The van der Waals surface area contributed by atoms with Gasteiger partial charge in [0.05, 0.1) is 18.6 Å². The molecule has 2 aromatic rings. The summed E-state index contributed by atoms with van der Waals surface area (Å²) in [5.74, 6) is 0. The zero-order chi connectivity index (χ0) is 13.9. The van der Waals surface area contributed by atoms with E-state index in [4.69, 9.17) is 5.73 Å². The van der Waals surface area contributed by atoms with Crippen LogP contribution in [0.1, 0.15) is 23.2 Å². The van der Waals surface area contributed by atoms with E-state index >= 15 is 0 Å². The number of nitrogens with two attached hydrogens (primary N) is 1. The predicted molar refractivity (Wildman–Crippen MR) is 81.8 cm³/mol. The molecule has 4 nitrogen and oxygen atoms in total. The van der Waals surface area contributed by atoms with Crippen molar-refractivity contribution in [2.45, 2.75) is 32.9 Å². The summed E-state index contributed by atoms with van der Waals surface area (Å²) in [4.78, 5) is 6.92. The number of rotatable bonds is 4. The molecule has 0 unspecified atom stereocenters. The fourth-order valence-corrected chi connectivity index (χ4v) is 2.92. The SMILES string of the molecule is Cc1ccc2c(c1)CCCN2Cc1cn(CCN)cn1. The van der Waals surface area contributed by atoms with Gasteiger partial charge in [-0.2, -0.15) is 0 Å². The maximum Gasteiger partial charge on any atom is 0.0950 e. The Morgan fingerprint density at radius 1 is 1.35 bits per heavy atom. The Morgan fingerprint density at radius 2 is 2.25 bits per heavy atom. The normalized spacial score (nSPS) is 14.4. The van der Waals surface area contributed by atoms with Gasteiger partial charge in [0.15, 0.2) is 0 Å². The van der Waals surface area contributed by atoms with E-state index in [1.54, 1.807) is 0 Å². The van der Waals surface area contributed by atoms with E-state index in [-0.39, 0.29) is 0 Å². The molecule has 0 radical (unpaired) electrons. The first kappa shape index (κ1) is 13.2. The van der Waals surface area contributed by atoms with Crippen molar-refractivity contribution in [3.63, 3.8) is 0 Å². The van der Waals surface area contributed by atoms with Gasteiger partial charge in [-0.1, -0.05) is 17.7 Å². The minimum Gasteiger partial charge on any atom is -0.365 e. The molecule has 0 fully saturated rings. The second kappa shape index (κ2) is 5.67. The first-order valence-corrected chi connectivity index (χ1v) is 7.31. The van der Waals surface area contributed by atoms with Crippen LogP contribution in [0.4, 0.5) is 5.69 Å². The Hall–Kier alpha value is -1.81. The van der Waals surface area contributed by atoms with Crippen LogP contribution in [0, 0.1) is 6.92 Å². The lowest BCUT2D eigenvalue weighted by atomic mass is 9.99. The summed E-state index contributed by atoms with van der Waals surface area (Å²) in [6.45, 7) is 5.64. The minimum absolute atomic E-state index is 0.654. The molecule has 2 N–H and O–H groups in total. The molecular weight excluding hydrogens is 248 g/mol. The number of aromatic nitrogens is 2. The van der Waals surface area contributed by atoms with Gasteiger partial charge >= 0.3 is 0 Å². The number of fused-ring (bicyclic) bond motifs is 1. The van der Waals surface area contributed by atoms with E-state index < -0.39 is 0 Å². The number of imidazole rings is 1. The van der Waals surface area contributed by atoms with Crippen LogP contribution in [0.25, 0.3) is 0 Å². The third-order valence-electron chi connectivity index (χ3n) is 3.88. The Balaban J connectivity index is 1.78. The first-order chi connectivity index (χ1) is 9.76. The molecule has 0 amide bonds. The van der Waals surface area contributed by atoms with Gasteiger partial charge in [-0.05, 0) is 31.4 Å². The maximum atomic E-state index is 5.57. The number of hydrogen-bond acceptors (Lipinski definition) is 3. The fraction of sp³-hybridized carbons (Fsp3) is 0.438. The molecule has 0 spiro atoms. The summed E-state index contributed by atoms with van der Waals surface area (Å²) in [5, 5.41) is 0. The van der Waals surface area contributed by atoms with Crippen molar-refractivity contribution in [2.24, 2.45) is 5.73 Å². The lowest BCUT2D eigenvalue weighted by Crippen LogP contribution is -2.29. The molecule has 0 bridgehead atoms. The molecule has 3 rings (SSSR count). The average Bonchev–Trinajstić information content (AvgIpc) is 2.86. The lowest BCUT2D eigenvalue weighted by molar-refractivity contribution is 0.682. The zero-order valence-corrected chi connectivity index (χ0v) is 12.0. The van der Waals surface area contributed by atoms with E-state index in [9.17, 15) is 0 Å². The highest BCUT2D eigenvalue weighted by atomic mass is 15.2. The van der Waals surface area contributed by atoms with Crippen LogP contribution in [-0.2, 0) is 19.5 Å². The van der Waals surface area contributed by atoms with Gasteiger partial charge in [0, 0.05) is 31.5 Å². The molecule has 0 saturated heterocycles. The summed E-state index contributed by atoms with van der Waals surface area (Å²) in [5.41, 5.74) is 10.9. The third-order valence-corrected chi connectivity index (χ3v) is 3.88. The second-order valence-corrected chi connectivity index (χ2v) is 5.55. The molecule has 4 heteroatoms. The van der Waals surface area contributed by atoms with E-state index in [0.29, 0.717) is 6.54 Å². The number of benzene rings is 1. The number of nitrogens with zero attached hydrogens (tertiary/aromatic N) is 3. The van der Waals surface area contributed by atoms with Crippen LogP contribution in [0.15, 0.2) is 30.7 Å². The zero-order valence-electron chi connectivity index (χ0n) is 12.0. The third kappa shape index (κ3) is 2.70. The van der Waals surface area contributed by atoms with Crippen molar-refractivity contribution in [1.82, 2.24) is 9.55 Å². The monoisotopic (exact) mass is 270 g/mol. The van der Waals surface area contributed by atoms with E-state index in [0.717, 1.165) is 25.3 Å². The number of hydrogen-bond donors (Lipinski definition) is 1. The highest BCUT2D eigenvalue weighted by molar-refractivity contribution is 5.56. The Morgan fingerprint density at radius 3 is 3.10 bits per heavy atom. The molecule has 0 atom stereocenters. The van der Waals surface area contributed by atoms with Gasteiger partial charge in [-0.15, -0.1) is 0 Å². The molecule has 0 saturated carbocycles. The second-order valence-electron chi connectivity index (χ2n) is 5.55. The predicted octanol–water partition coefficient (Wildman–Crippen LogP) is 2.10. The summed E-state index contributed by atoms with van der Waals surface area (Å²) >= 11 is 0. The number of aryl methyl sites for hydroxylation is 2. The van der Waals surface area contributed by atoms with Crippen molar-refractivity contribution in [3.8, 4) is 0 Å². The van der Waals surface area contributed by atoms with Gasteiger partial charge in [0.1, 0.15) is 0 Å². The Kier molecular flexibility index (Phi) is 3.74. The van der Waals surface area contributed by atoms with Gasteiger partial charge in [-0.3, -0.25) is 0 Å². The van der Waals surface area contributed by atoms with Crippen LogP contribution in [0.2, 0.25) is 0 Å². The highest BCUT2D eigenvalue weighted by Gasteiger charge is 2.17. The smallest absolute Gasteiger partial charge is 0.0950 e. The van der Waals surface area contributed by atoms with Crippen molar-refractivity contribution in [1.29, 1.82) is 0 Å². The van der Waals surface area contributed by atoms with Crippen molar-refractivity contribution >= 4 is 5.69 Å². The molecule has 2 heterocycles. The van der Waals surface area contributed by atoms with Gasteiger partial charge in [0.2, 0.25) is 0 Å². The highest BCUT2D eigenvalue weighted by Crippen LogP contribution is 2.28. The van der Waals surface area contributed by atoms with Crippen LogP contribution in [-0.4, -0.2) is 22.6 Å². The summed E-state index contributed by atoms with van der Waals surface area (Å²) < 4.78 is 2.06. The molecule has 1 aliphatic heterocycles. The largest absolute Gasteiger partial charge is 0.365 e. The summed E-state index contributed by atoms with van der Waals surface area (Å²) in [6, 6.07) is 6.76. The topological polar surface area (TPSA) is 47.1 Å². The van der Waals surface area contributed by atoms with Crippen LogP contribution in [0.3, 0.4) is 0 Å². The van der Waals surface area contributed by atoms with E-state index in [1.807, 2.05) is 6.33 Å². The molecule has 0 aliphatic carbocycles. The van der Waals surface area contributed by atoms with E-state index in [2.05, 4.69) is 45.8 Å². The minimum atomic E-state index is 0.654. The van der Waals surface area contributed by atoms with E-state index in [1.165, 1.54) is 29.7 Å². The Bertz CT molecular complexity index is 588. The molecule has 20 heavy (non-hydrogen) atoms. The summed E-state index contributed by atoms with van der Waals surface area (Å²) in [7, 11) is 0. The average molecular weight is 270 g/mol. The van der Waals surface area contributed by atoms with Crippen molar-refractivity contribution in [3.05, 3.63) is 47.5 Å². The fourth-order valence-electron chi connectivity index (χ4n) is 2.92. The molecule has 106 valence electrons. The Labute approximate surface area is 120 Å². The van der Waals surface area contributed by atoms with Crippen molar-refractivity contribution in [2.75, 3.05) is 18.0 Å². The molecule has 1 aromatic carbocycles. The van der Waals surface area contributed by atoms with Gasteiger partial charge in [0.25, 0.3) is 0 Å². The van der Waals surface area contributed by atoms with Crippen LogP contribution >= 0.6 is 0 Å². The lowest BCUT2D eigenvalue weighted by Gasteiger charge is -2.31. The standard InChI is InChI=1S/C16H22N4/c1-13-4-5-16-14(9-13)3-2-7-20(16)11-15-10-19(8-6-17)12-18-15/h4-5,9-10,12H,2-3,6-8,11,17H2,1H3. The van der Waals surface area contributed by atoms with Crippen LogP contribution < -0.4 is 10.6 Å². The molecule has 1 aliphatic rings. The maximum absolute atomic E-state index is 5.57. The number of anilines is 1. The van der Waals surface area contributed by atoms with Gasteiger partial charge in [-0.25, -0.2) is 4.98 Å². The summed E-state index contributed by atoms with van der Waals surface area (Å²) in [6.07, 6.45) is 6.40. The first-order valence-electron chi connectivity index (χ1n) is 7.31. The molecular formula is C16H22N4. The quantitative estimate of drug-likeness (QED) is 0.925. The van der Waals surface area contributed by atoms with Gasteiger partial charge < -0.3 is 15.2 Å². The van der Waals surface area contributed by atoms with Crippen LogP contribution in [0.5, 0.6) is 0 Å². The van der Waals surface area contributed by atoms with Crippen molar-refractivity contribution < 1.29 is 0 Å². The molecule has 1 aromatic heterocycles.